The fourth-order valence-corrected chi connectivity index (χ4v) is 14.0. The van der Waals surface area contributed by atoms with E-state index in [1.54, 1.807) is 0 Å². The van der Waals surface area contributed by atoms with Crippen molar-refractivity contribution in [3.63, 3.8) is 0 Å². The van der Waals surface area contributed by atoms with Crippen molar-refractivity contribution in [3.05, 3.63) is 325 Å². The van der Waals surface area contributed by atoms with Gasteiger partial charge in [0.2, 0.25) is 0 Å². The van der Waals surface area contributed by atoms with Gasteiger partial charge in [-0.3, -0.25) is 0 Å². The van der Waals surface area contributed by atoms with Crippen LogP contribution in [0.5, 0.6) is 0 Å². The first-order valence-electron chi connectivity index (χ1n) is 32.2. The van der Waals surface area contributed by atoms with Crippen LogP contribution in [0, 0.1) is 0 Å². The van der Waals surface area contributed by atoms with Gasteiger partial charge < -0.3 is 19.9 Å². The second-order valence-electron chi connectivity index (χ2n) is 24.0. The summed E-state index contributed by atoms with van der Waals surface area (Å²) in [4.78, 5) is 45.4. The van der Waals surface area contributed by atoms with Crippen molar-refractivity contribution in [2.75, 3.05) is 0 Å². The molecule has 8 aromatic carbocycles. The largest absolute Gasteiger partial charge is 2.00 e. The molecule has 8 nitrogen and oxygen atoms in total. The third-order valence-corrected chi connectivity index (χ3v) is 18.3. The van der Waals surface area contributed by atoms with Gasteiger partial charge in [0.25, 0.3) is 0 Å². The Morgan fingerprint density at radius 1 is 0.173 bits per heavy atom. The first kappa shape index (κ1) is 61.1. The van der Waals surface area contributed by atoms with Crippen LogP contribution in [0.15, 0.2) is 279 Å². The molecule has 0 radical (unpaired) electrons. The number of fused-ring (bicyclic) bond motifs is 16. The Hall–Kier alpha value is -11.8. The molecular weight excluding hydrogens is 1300 g/mol. The molecular formula is C88H54N8Zn2. The molecule has 0 saturated carbocycles. The van der Waals surface area contributed by atoms with Gasteiger partial charge in [0, 0.05) is 0 Å². The molecule has 0 saturated heterocycles. The smallest absolute Gasteiger partial charge is 0.657 e. The molecule has 0 N–H and O–H groups in total. The van der Waals surface area contributed by atoms with E-state index in [4.69, 9.17) is 39.9 Å². The molecule has 0 spiro atoms. The zero-order chi connectivity index (χ0) is 63.5. The van der Waals surface area contributed by atoms with E-state index in [0.29, 0.717) is 0 Å². The topological polar surface area (TPSA) is 108 Å². The Morgan fingerprint density at radius 3 is 0.673 bits per heavy atom. The summed E-state index contributed by atoms with van der Waals surface area (Å²) in [6.45, 7) is 0. The van der Waals surface area contributed by atoms with E-state index in [1.807, 2.05) is 30.3 Å². The van der Waals surface area contributed by atoms with E-state index in [-0.39, 0.29) is 39.0 Å². The monoisotopic (exact) mass is 1350 g/mol. The summed E-state index contributed by atoms with van der Waals surface area (Å²) < 4.78 is 0. The Morgan fingerprint density at radius 2 is 0.388 bits per heavy atom. The normalized spacial score (nSPS) is 12.0. The van der Waals surface area contributed by atoms with E-state index in [2.05, 4.69) is 297 Å². The van der Waals surface area contributed by atoms with Gasteiger partial charge in [0.1, 0.15) is 0 Å². The Labute approximate surface area is 591 Å². The summed E-state index contributed by atoms with van der Waals surface area (Å²) in [5.74, 6) is 0. The number of nitrogens with zero attached hydrogens (tertiary/aromatic N) is 8. The van der Waals surface area contributed by atoms with Gasteiger partial charge in [-0.15, -0.1) is 44.1 Å². The minimum absolute atomic E-state index is 0. The number of hydrogen-bond donors (Lipinski definition) is 0. The molecule has 4 aliphatic rings. The Bertz CT molecular complexity index is 5870. The molecule has 0 fully saturated rings. The average Bonchev–Trinajstić information content (AvgIpc) is 1.58. The quantitative estimate of drug-likeness (QED) is 0.132. The van der Waals surface area contributed by atoms with E-state index in [9.17, 15) is 0 Å². The first-order chi connectivity index (χ1) is 47.6. The first-order valence-corrected chi connectivity index (χ1v) is 32.2. The molecule has 98 heavy (non-hydrogen) atoms. The third kappa shape index (κ3) is 11.0. The molecule has 0 amide bonds. The number of rotatable bonds is 9. The van der Waals surface area contributed by atoms with Crippen molar-refractivity contribution < 1.29 is 39.0 Å². The maximum absolute atomic E-state index is 5.98. The third-order valence-electron chi connectivity index (χ3n) is 18.3. The molecule has 450 valence electrons. The maximum Gasteiger partial charge on any atom is 2.00 e. The molecule has 10 heterocycles. The van der Waals surface area contributed by atoms with Gasteiger partial charge in [0.05, 0.1) is 45.6 Å². The minimum Gasteiger partial charge on any atom is -0.657 e. The van der Waals surface area contributed by atoms with Gasteiger partial charge in [-0.2, -0.15) is 0 Å². The molecule has 14 aromatic rings. The van der Waals surface area contributed by atoms with Gasteiger partial charge in [-0.25, -0.2) is 19.9 Å². The number of aromatic nitrogens is 8. The van der Waals surface area contributed by atoms with Crippen LogP contribution in [-0.2, 0) is 39.0 Å². The number of hydrogen-bond acceptors (Lipinski definition) is 4. The zero-order valence-corrected chi connectivity index (χ0v) is 59.1. The van der Waals surface area contributed by atoms with Crippen LogP contribution >= 0.6 is 0 Å². The predicted molar refractivity (Wildman–Crippen MR) is 396 cm³/mol. The molecule has 10 heteroatoms. The van der Waals surface area contributed by atoms with Crippen LogP contribution in [0.4, 0.5) is 0 Å². The van der Waals surface area contributed by atoms with Crippen molar-refractivity contribution in [2.45, 2.75) is 0 Å². The molecule has 4 aliphatic heterocycles. The van der Waals surface area contributed by atoms with Crippen molar-refractivity contribution in [1.82, 2.24) is 39.9 Å². The van der Waals surface area contributed by atoms with Crippen molar-refractivity contribution >= 4 is 92.7 Å². The summed E-state index contributed by atoms with van der Waals surface area (Å²) in [5.41, 5.74) is 29.3. The zero-order valence-electron chi connectivity index (χ0n) is 53.2. The van der Waals surface area contributed by atoms with Crippen molar-refractivity contribution in [1.29, 1.82) is 0 Å². The van der Waals surface area contributed by atoms with Gasteiger partial charge in [-0.05, 0) is 149 Å². The standard InChI is InChI=1S/C88H54N8.2Zn/c1-8-24-55(25-9-1)80-65-41-44-69(90-65)83(58-30-14-4-15-31-58)73-49-52-77(94-73)87(78-53-50-74(95-78)84(59-32-16-5-17-33-59)70-45-42-66(80)91-70)63-39-23-22-38-62(63)64-54-79-85(60-34-18-6-19-35-60)75-47-46-71(92-75)81(56-26-10-2-11-27-56)67-40-43-68(89-67)82(57-28-12-3-13-29-57)72-48-51-76(93-72)86(88(64)96-79)61-36-20-7-21-37-61;;/h1-54H;;/q-4;2*+2. The van der Waals surface area contributed by atoms with Gasteiger partial charge in [-0.1, -0.05) is 279 Å². The summed E-state index contributed by atoms with van der Waals surface area (Å²) in [5, 5.41) is 0. The van der Waals surface area contributed by atoms with Crippen LogP contribution in [0.3, 0.4) is 0 Å². The fourth-order valence-electron chi connectivity index (χ4n) is 14.0. The average molecular weight is 1350 g/mol. The number of benzene rings is 8. The van der Waals surface area contributed by atoms with E-state index >= 15 is 0 Å². The SMILES string of the molecule is C1=Cc2nc1c(-c1ccccc1)c1ccc([n-]1)c(-c1ccccc1)c1nc(c(-c3ccccc3-c3cc4[n-]c3c(-c3ccccc3)c3nc(c(-c5ccccc5)c5ccc([n-]5)c(-c5ccccc5)c5nc(c4-c4ccccc4)C=C5)C=C3)c3ccc([n-]3)c2-c2ccccc2)C=C1.[Zn+2].[Zn+2]. The molecule has 0 atom stereocenters. The van der Waals surface area contributed by atoms with Crippen LogP contribution in [0.25, 0.3) is 193 Å². The van der Waals surface area contributed by atoms with Gasteiger partial charge >= 0.3 is 39.0 Å². The molecule has 0 unspecified atom stereocenters. The summed E-state index contributed by atoms with van der Waals surface area (Å²) in [6, 6.07) is 96.9. The Kier molecular flexibility index (Phi) is 16.3. The molecule has 6 aromatic heterocycles. The van der Waals surface area contributed by atoms with Crippen molar-refractivity contribution in [2.24, 2.45) is 0 Å². The Balaban J connectivity index is 0.00000376. The molecule has 16 bridgehead atoms. The van der Waals surface area contributed by atoms with E-state index in [0.717, 1.165) is 190 Å². The van der Waals surface area contributed by atoms with Crippen LogP contribution in [0.1, 0.15) is 45.6 Å². The van der Waals surface area contributed by atoms with E-state index < -0.39 is 0 Å². The fraction of sp³-hybridized carbons (Fsp3) is 0. The molecule has 0 aliphatic carbocycles. The van der Waals surface area contributed by atoms with Gasteiger partial charge in [0.15, 0.2) is 0 Å². The molecule has 18 rings (SSSR count). The second kappa shape index (κ2) is 26.1. The summed E-state index contributed by atoms with van der Waals surface area (Å²) >= 11 is 0. The summed E-state index contributed by atoms with van der Waals surface area (Å²) in [6.07, 6.45) is 17.0. The van der Waals surface area contributed by atoms with E-state index in [1.165, 1.54) is 0 Å². The van der Waals surface area contributed by atoms with Crippen LogP contribution < -0.4 is 19.9 Å². The minimum atomic E-state index is 0. The summed E-state index contributed by atoms with van der Waals surface area (Å²) in [7, 11) is 0. The maximum atomic E-state index is 5.98. The van der Waals surface area contributed by atoms with Crippen LogP contribution in [-0.4, -0.2) is 19.9 Å². The van der Waals surface area contributed by atoms with Crippen molar-refractivity contribution in [3.8, 4) is 100 Å². The second-order valence-corrected chi connectivity index (χ2v) is 24.0. The predicted octanol–water partition coefficient (Wildman–Crippen LogP) is 21.1. The van der Waals surface area contributed by atoms with Crippen LogP contribution in [0.2, 0.25) is 0 Å².